The summed E-state index contributed by atoms with van der Waals surface area (Å²) in [4.78, 5) is 6.80. The van der Waals surface area contributed by atoms with E-state index < -0.39 is 0 Å². The summed E-state index contributed by atoms with van der Waals surface area (Å²) in [5.41, 5.74) is 4.34. The van der Waals surface area contributed by atoms with Crippen LogP contribution in [0.3, 0.4) is 0 Å². The van der Waals surface area contributed by atoms with Crippen molar-refractivity contribution in [3.05, 3.63) is 107 Å². The lowest BCUT2D eigenvalue weighted by Gasteiger charge is -2.23. The summed E-state index contributed by atoms with van der Waals surface area (Å²) in [5, 5.41) is 5.30. The van der Waals surface area contributed by atoms with Crippen molar-refractivity contribution in [1.29, 1.82) is 0 Å². The maximum absolute atomic E-state index is 13.3. The second-order valence-corrected chi connectivity index (χ2v) is 8.06. The Kier molecular flexibility index (Phi) is 7.13. The first-order valence-corrected chi connectivity index (χ1v) is 10.8. The highest BCUT2D eigenvalue weighted by atomic mass is 35.5. The van der Waals surface area contributed by atoms with Gasteiger partial charge in [-0.25, -0.2) is 4.39 Å². The molecule has 0 saturated carbocycles. The Bertz CT molecular complexity index is 1120. The lowest BCUT2D eigenvalue weighted by atomic mass is 10.1. The summed E-state index contributed by atoms with van der Waals surface area (Å²) >= 11 is 6.09. The summed E-state index contributed by atoms with van der Waals surface area (Å²) in [6, 6.07) is 25.0. The Labute approximate surface area is 187 Å². The fraction of sp³-hybridized carbons (Fsp3) is 0.192. The van der Waals surface area contributed by atoms with E-state index in [1.165, 1.54) is 17.7 Å². The number of anilines is 1. The second kappa shape index (κ2) is 10.4. The van der Waals surface area contributed by atoms with Crippen LogP contribution in [0.2, 0.25) is 5.02 Å². The van der Waals surface area contributed by atoms with E-state index in [1.807, 2.05) is 42.5 Å². The van der Waals surface area contributed by atoms with Crippen LogP contribution in [0.5, 0.6) is 0 Å². The minimum atomic E-state index is -0.201. The zero-order valence-electron chi connectivity index (χ0n) is 17.3. The van der Waals surface area contributed by atoms with Crippen molar-refractivity contribution < 1.29 is 4.39 Å². The van der Waals surface area contributed by atoms with Crippen LogP contribution >= 0.6 is 11.6 Å². The molecular formula is C26H25ClFN3. The fourth-order valence-electron chi connectivity index (χ4n) is 3.70. The molecule has 0 radical (unpaired) electrons. The van der Waals surface area contributed by atoms with Crippen LogP contribution in [-0.2, 0) is 13.1 Å². The average Bonchev–Trinajstić information content (AvgIpc) is 2.78. The van der Waals surface area contributed by atoms with Crippen molar-refractivity contribution >= 4 is 28.2 Å². The predicted molar refractivity (Wildman–Crippen MR) is 127 cm³/mol. The van der Waals surface area contributed by atoms with E-state index in [9.17, 15) is 4.39 Å². The highest BCUT2D eigenvalue weighted by Gasteiger charge is 2.08. The highest BCUT2D eigenvalue weighted by Crippen LogP contribution is 2.24. The van der Waals surface area contributed by atoms with Gasteiger partial charge < -0.3 is 5.32 Å². The van der Waals surface area contributed by atoms with E-state index in [0.717, 1.165) is 54.8 Å². The number of benzene rings is 3. The van der Waals surface area contributed by atoms with Crippen molar-refractivity contribution in [2.45, 2.75) is 19.5 Å². The van der Waals surface area contributed by atoms with Crippen LogP contribution < -0.4 is 5.32 Å². The molecule has 0 aliphatic heterocycles. The number of fused-ring (bicyclic) bond motifs is 1. The number of hydrogen-bond acceptors (Lipinski definition) is 3. The molecule has 0 amide bonds. The van der Waals surface area contributed by atoms with E-state index >= 15 is 0 Å². The molecule has 3 nitrogen and oxygen atoms in total. The van der Waals surface area contributed by atoms with Gasteiger partial charge in [0.25, 0.3) is 0 Å². The van der Waals surface area contributed by atoms with E-state index in [2.05, 4.69) is 39.5 Å². The summed E-state index contributed by atoms with van der Waals surface area (Å²) in [6.07, 6.45) is 2.78. The molecule has 1 heterocycles. The molecular weight excluding hydrogens is 409 g/mol. The molecule has 0 unspecified atom stereocenters. The summed E-state index contributed by atoms with van der Waals surface area (Å²) in [7, 11) is 0. The van der Waals surface area contributed by atoms with Crippen LogP contribution in [0.4, 0.5) is 10.1 Å². The Balaban J connectivity index is 1.38. The minimum Gasteiger partial charge on any atom is -0.384 e. The number of nitrogens with one attached hydrogen (secondary N) is 1. The zero-order chi connectivity index (χ0) is 21.5. The molecule has 3 aromatic carbocycles. The van der Waals surface area contributed by atoms with Gasteiger partial charge in [0, 0.05) is 48.5 Å². The van der Waals surface area contributed by atoms with Crippen LogP contribution in [0.15, 0.2) is 85.1 Å². The normalized spacial score (nSPS) is 11.2. The van der Waals surface area contributed by atoms with Gasteiger partial charge in [-0.15, -0.1) is 0 Å². The molecule has 0 atom stereocenters. The molecule has 0 saturated heterocycles. The third-order valence-corrected chi connectivity index (χ3v) is 5.47. The second-order valence-electron chi connectivity index (χ2n) is 7.62. The predicted octanol–water partition coefficient (Wildman–Crippen LogP) is 6.53. The van der Waals surface area contributed by atoms with Gasteiger partial charge in [0.2, 0.25) is 0 Å². The number of nitrogens with zero attached hydrogens (tertiary/aromatic N) is 2. The van der Waals surface area contributed by atoms with Gasteiger partial charge in [-0.1, -0.05) is 54.1 Å². The molecule has 0 bridgehead atoms. The van der Waals surface area contributed by atoms with E-state index in [1.54, 1.807) is 6.20 Å². The van der Waals surface area contributed by atoms with Gasteiger partial charge in [0.1, 0.15) is 5.82 Å². The Morgan fingerprint density at radius 1 is 0.871 bits per heavy atom. The number of aromatic nitrogens is 1. The Morgan fingerprint density at radius 3 is 2.39 bits per heavy atom. The summed E-state index contributed by atoms with van der Waals surface area (Å²) < 4.78 is 13.3. The number of pyridine rings is 1. The lowest BCUT2D eigenvalue weighted by Crippen LogP contribution is -2.25. The van der Waals surface area contributed by atoms with Crippen molar-refractivity contribution in [3.63, 3.8) is 0 Å². The molecule has 158 valence electrons. The third-order valence-electron chi connectivity index (χ3n) is 5.24. The molecule has 0 aliphatic carbocycles. The molecule has 5 heteroatoms. The summed E-state index contributed by atoms with van der Waals surface area (Å²) in [6.45, 7) is 3.41. The molecule has 1 aromatic heterocycles. The first-order valence-electron chi connectivity index (χ1n) is 10.5. The van der Waals surface area contributed by atoms with Crippen LogP contribution in [0.25, 0.3) is 10.9 Å². The van der Waals surface area contributed by atoms with Gasteiger partial charge in [-0.3, -0.25) is 9.88 Å². The maximum atomic E-state index is 13.3. The number of rotatable bonds is 9. The summed E-state index contributed by atoms with van der Waals surface area (Å²) in [5.74, 6) is -0.201. The number of halogens is 2. The van der Waals surface area contributed by atoms with Gasteiger partial charge in [-0.05, 0) is 53.9 Å². The monoisotopic (exact) mass is 433 g/mol. The largest absolute Gasteiger partial charge is 0.384 e. The van der Waals surface area contributed by atoms with Crippen molar-refractivity contribution in [2.24, 2.45) is 0 Å². The van der Waals surface area contributed by atoms with E-state index in [-0.39, 0.29) is 5.82 Å². The topological polar surface area (TPSA) is 28.2 Å². The fourth-order valence-corrected chi connectivity index (χ4v) is 3.87. The smallest absolute Gasteiger partial charge is 0.123 e. The molecule has 4 rings (SSSR count). The number of hydrogen-bond donors (Lipinski definition) is 1. The molecule has 0 aliphatic rings. The molecule has 0 spiro atoms. The Morgan fingerprint density at radius 2 is 1.61 bits per heavy atom. The van der Waals surface area contributed by atoms with Crippen molar-refractivity contribution in [1.82, 2.24) is 9.88 Å². The molecule has 1 N–H and O–H groups in total. The SMILES string of the molecule is Fc1ccc(CN(CCCNc2ccnc3cc(Cl)ccc23)Cc2ccccc2)cc1. The minimum absolute atomic E-state index is 0.201. The first-order chi connectivity index (χ1) is 15.2. The van der Waals surface area contributed by atoms with E-state index in [0.29, 0.717) is 5.02 Å². The first kappa shape index (κ1) is 21.3. The maximum Gasteiger partial charge on any atom is 0.123 e. The van der Waals surface area contributed by atoms with Crippen molar-refractivity contribution in [3.8, 4) is 0 Å². The quantitative estimate of drug-likeness (QED) is 0.304. The molecule has 31 heavy (non-hydrogen) atoms. The average molecular weight is 434 g/mol. The van der Waals surface area contributed by atoms with Crippen molar-refractivity contribution in [2.75, 3.05) is 18.4 Å². The van der Waals surface area contributed by atoms with Gasteiger partial charge in [0.05, 0.1) is 5.52 Å². The molecule has 4 aromatic rings. The molecule has 0 fully saturated rings. The van der Waals surface area contributed by atoms with Gasteiger partial charge in [0.15, 0.2) is 0 Å². The van der Waals surface area contributed by atoms with Crippen LogP contribution in [0, 0.1) is 5.82 Å². The van der Waals surface area contributed by atoms with E-state index in [4.69, 9.17) is 11.6 Å². The highest BCUT2D eigenvalue weighted by molar-refractivity contribution is 6.31. The van der Waals surface area contributed by atoms with Crippen LogP contribution in [-0.4, -0.2) is 23.0 Å². The Hall–Kier alpha value is -2.95. The third kappa shape index (κ3) is 6.03. The lowest BCUT2D eigenvalue weighted by molar-refractivity contribution is 0.256. The van der Waals surface area contributed by atoms with Crippen LogP contribution in [0.1, 0.15) is 17.5 Å². The standard InChI is InChI=1S/C26H25ClFN3/c27-22-9-12-24-25(13-15-30-26(24)17-22)29-14-4-16-31(18-20-5-2-1-3-6-20)19-21-7-10-23(28)11-8-21/h1-3,5-13,15,17H,4,14,16,18-19H2,(H,29,30). The zero-order valence-corrected chi connectivity index (χ0v) is 18.0. The van der Waals surface area contributed by atoms with Gasteiger partial charge in [-0.2, -0.15) is 0 Å². The van der Waals surface area contributed by atoms with Gasteiger partial charge >= 0.3 is 0 Å².